The zero-order valence-electron chi connectivity index (χ0n) is 12.1. The summed E-state index contributed by atoms with van der Waals surface area (Å²) in [6, 6.07) is 3.45. The van der Waals surface area contributed by atoms with E-state index >= 15 is 0 Å². The van der Waals surface area contributed by atoms with Crippen molar-refractivity contribution in [2.45, 2.75) is 19.8 Å². The number of nitrogens with zero attached hydrogens (tertiary/aromatic N) is 1. The van der Waals surface area contributed by atoms with Crippen LogP contribution in [0.25, 0.3) is 0 Å². The summed E-state index contributed by atoms with van der Waals surface area (Å²) >= 11 is 0. The van der Waals surface area contributed by atoms with Crippen LogP contribution in [0.3, 0.4) is 0 Å². The normalized spacial score (nSPS) is 10.1. The van der Waals surface area contributed by atoms with Crippen molar-refractivity contribution in [1.82, 2.24) is 0 Å². The fourth-order valence-electron chi connectivity index (χ4n) is 1.84. The number of benzene rings is 1. The Morgan fingerprint density at radius 3 is 2.18 bits per heavy atom. The van der Waals surface area contributed by atoms with Gasteiger partial charge in [-0.1, -0.05) is 6.07 Å². The van der Waals surface area contributed by atoms with Crippen LogP contribution in [-0.4, -0.2) is 36.4 Å². The summed E-state index contributed by atoms with van der Waals surface area (Å²) in [5.41, 5.74) is -0.634. The molecule has 0 saturated heterocycles. The van der Waals surface area contributed by atoms with Crippen molar-refractivity contribution in [2.75, 3.05) is 13.2 Å². The summed E-state index contributed by atoms with van der Waals surface area (Å²) < 4.78 is 9.57. The minimum absolute atomic E-state index is 0.00889. The second-order valence-corrected chi connectivity index (χ2v) is 4.13. The van der Waals surface area contributed by atoms with Crippen molar-refractivity contribution in [3.63, 3.8) is 0 Å². The number of carbonyl (C=O) groups excluding carboxylic acids is 3. The van der Waals surface area contributed by atoms with E-state index in [1.165, 1.54) is 12.1 Å². The Morgan fingerprint density at radius 2 is 1.77 bits per heavy atom. The lowest BCUT2D eigenvalue weighted by Gasteiger charge is -2.15. The van der Waals surface area contributed by atoms with E-state index in [-0.39, 0.29) is 24.3 Å². The van der Waals surface area contributed by atoms with Crippen LogP contribution in [0.4, 0.5) is 5.69 Å². The summed E-state index contributed by atoms with van der Waals surface area (Å²) in [6.07, 6.45) is 0.431. The SMILES string of the molecule is CCOC(=O)C(C(=O)OCC)c1ccc(C=O)cc1[N+](=O)[O-]. The maximum atomic E-state index is 12.0. The predicted molar refractivity (Wildman–Crippen MR) is 74.5 cm³/mol. The molecule has 0 aliphatic heterocycles. The highest BCUT2D eigenvalue weighted by Crippen LogP contribution is 2.29. The van der Waals surface area contributed by atoms with Gasteiger partial charge in [-0.05, 0) is 19.9 Å². The zero-order valence-corrected chi connectivity index (χ0v) is 12.1. The van der Waals surface area contributed by atoms with E-state index in [9.17, 15) is 24.5 Å². The third-order valence-corrected chi connectivity index (χ3v) is 2.74. The summed E-state index contributed by atoms with van der Waals surface area (Å²) in [5, 5.41) is 11.1. The summed E-state index contributed by atoms with van der Waals surface area (Å²) in [6.45, 7) is 3.11. The first-order valence-electron chi connectivity index (χ1n) is 6.53. The van der Waals surface area contributed by atoms with Crippen molar-refractivity contribution < 1.29 is 28.8 Å². The van der Waals surface area contributed by atoms with Gasteiger partial charge in [0, 0.05) is 11.6 Å². The topological polar surface area (TPSA) is 113 Å². The number of aldehydes is 1. The molecule has 118 valence electrons. The van der Waals surface area contributed by atoms with Gasteiger partial charge >= 0.3 is 11.9 Å². The molecule has 0 unspecified atom stereocenters. The van der Waals surface area contributed by atoms with E-state index in [0.29, 0.717) is 6.29 Å². The van der Waals surface area contributed by atoms with Crippen LogP contribution in [0.2, 0.25) is 0 Å². The Hall–Kier alpha value is -2.77. The van der Waals surface area contributed by atoms with Crippen LogP contribution in [0, 0.1) is 10.1 Å². The van der Waals surface area contributed by atoms with E-state index in [1.54, 1.807) is 13.8 Å². The Bertz CT molecular complexity index is 579. The Morgan fingerprint density at radius 1 is 1.23 bits per heavy atom. The molecular weight excluding hydrogens is 294 g/mol. The van der Waals surface area contributed by atoms with Crippen molar-refractivity contribution in [1.29, 1.82) is 0 Å². The molecule has 0 aliphatic rings. The number of carbonyl (C=O) groups is 3. The van der Waals surface area contributed by atoms with E-state index in [0.717, 1.165) is 6.07 Å². The lowest BCUT2D eigenvalue weighted by atomic mass is 9.96. The summed E-state index contributed by atoms with van der Waals surface area (Å²) in [7, 11) is 0. The molecule has 8 nitrogen and oxygen atoms in total. The van der Waals surface area contributed by atoms with Crippen LogP contribution in [0.15, 0.2) is 18.2 Å². The highest BCUT2D eigenvalue weighted by molar-refractivity contribution is 6.02. The molecular formula is C14H15NO7. The fourth-order valence-corrected chi connectivity index (χ4v) is 1.84. The molecule has 0 saturated carbocycles. The zero-order chi connectivity index (χ0) is 16.7. The molecule has 8 heteroatoms. The minimum Gasteiger partial charge on any atom is -0.465 e. The van der Waals surface area contributed by atoms with E-state index in [4.69, 9.17) is 9.47 Å². The quantitative estimate of drug-likeness (QED) is 0.247. The van der Waals surface area contributed by atoms with Gasteiger partial charge in [0.1, 0.15) is 6.29 Å². The third-order valence-electron chi connectivity index (χ3n) is 2.74. The van der Waals surface area contributed by atoms with Crippen LogP contribution >= 0.6 is 0 Å². The number of ether oxygens (including phenoxy) is 2. The number of rotatable bonds is 7. The Balaban J connectivity index is 3.40. The highest BCUT2D eigenvalue weighted by Gasteiger charge is 2.36. The lowest BCUT2D eigenvalue weighted by Crippen LogP contribution is -2.27. The summed E-state index contributed by atoms with van der Waals surface area (Å²) in [5.74, 6) is -3.45. The van der Waals surface area contributed by atoms with Gasteiger partial charge in [0.05, 0.1) is 23.7 Å². The van der Waals surface area contributed by atoms with Crippen LogP contribution in [-0.2, 0) is 19.1 Å². The van der Waals surface area contributed by atoms with Gasteiger partial charge in [-0.15, -0.1) is 0 Å². The molecule has 1 aromatic rings. The molecule has 0 fully saturated rings. The third kappa shape index (κ3) is 3.87. The largest absolute Gasteiger partial charge is 0.465 e. The van der Waals surface area contributed by atoms with Gasteiger partial charge < -0.3 is 9.47 Å². The van der Waals surface area contributed by atoms with Gasteiger partial charge in [0.15, 0.2) is 5.92 Å². The Labute approximate surface area is 126 Å². The second kappa shape index (κ2) is 7.87. The number of nitro benzene ring substituents is 1. The first-order valence-corrected chi connectivity index (χ1v) is 6.53. The van der Waals surface area contributed by atoms with E-state index < -0.39 is 28.5 Å². The fraction of sp³-hybridized carbons (Fsp3) is 0.357. The van der Waals surface area contributed by atoms with Crippen LogP contribution < -0.4 is 0 Å². The monoisotopic (exact) mass is 309 g/mol. The molecule has 0 atom stereocenters. The van der Waals surface area contributed by atoms with Crippen molar-refractivity contribution in [3.05, 3.63) is 39.4 Å². The molecule has 0 bridgehead atoms. The molecule has 22 heavy (non-hydrogen) atoms. The minimum atomic E-state index is -1.57. The molecule has 1 aromatic carbocycles. The van der Waals surface area contributed by atoms with Gasteiger partial charge in [-0.25, -0.2) is 0 Å². The number of hydrogen-bond acceptors (Lipinski definition) is 7. The average Bonchev–Trinajstić information content (AvgIpc) is 2.48. The molecule has 0 heterocycles. The van der Waals surface area contributed by atoms with Crippen molar-refractivity contribution in [3.8, 4) is 0 Å². The standard InChI is InChI=1S/C14H15NO7/c1-3-21-13(17)12(14(18)22-4-2)10-6-5-9(8-16)7-11(10)15(19)20/h5-8,12H,3-4H2,1-2H3. The number of nitro groups is 1. The second-order valence-electron chi connectivity index (χ2n) is 4.13. The van der Waals surface area contributed by atoms with Crippen LogP contribution in [0.5, 0.6) is 0 Å². The molecule has 0 aliphatic carbocycles. The van der Waals surface area contributed by atoms with Gasteiger partial charge in [0.25, 0.3) is 5.69 Å². The number of esters is 2. The Kier molecular flexibility index (Phi) is 6.18. The molecule has 0 radical (unpaired) electrons. The van der Waals surface area contributed by atoms with Crippen LogP contribution in [0.1, 0.15) is 35.7 Å². The highest BCUT2D eigenvalue weighted by atomic mass is 16.6. The average molecular weight is 309 g/mol. The van der Waals surface area contributed by atoms with Gasteiger partial charge in [-0.2, -0.15) is 0 Å². The molecule has 1 rings (SSSR count). The smallest absolute Gasteiger partial charge is 0.325 e. The molecule has 0 N–H and O–H groups in total. The van der Waals surface area contributed by atoms with E-state index in [2.05, 4.69) is 0 Å². The molecule has 0 aromatic heterocycles. The first-order chi connectivity index (χ1) is 10.5. The number of hydrogen-bond donors (Lipinski definition) is 0. The maximum absolute atomic E-state index is 12.0. The van der Waals surface area contributed by atoms with E-state index in [1.807, 2.05) is 0 Å². The predicted octanol–water partition coefficient (Wildman–Crippen LogP) is 1.62. The van der Waals surface area contributed by atoms with Gasteiger partial charge in [0.2, 0.25) is 0 Å². The first kappa shape index (κ1) is 17.3. The van der Waals surface area contributed by atoms with Crippen molar-refractivity contribution >= 4 is 23.9 Å². The summed E-state index contributed by atoms with van der Waals surface area (Å²) in [4.78, 5) is 45.0. The molecule has 0 amide bonds. The van der Waals surface area contributed by atoms with Gasteiger partial charge in [-0.3, -0.25) is 24.5 Å². The van der Waals surface area contributed by atoms with Crippen molar-refractivity contribution in [2.24, 2.45) is 0 Å². The molecule has 0 spiro atoms. The lowest BCUT2D eigenvalue weighted by molar-refractivity contribution is -0.385. The maximum Gasteiger partial charge on any atom is 0.325 e.